The quantitative estimate of drug-likeness (QED) is 0.836. The van der Waals surface area contributed by atoms with Gasteiger partial charge in [0, 0.05) is 38.9 Å². The molecule has 0 saturated carbocycles. The largest absolute Gasteiger partial charge is 0.388 e. The maximum atomic E-state index is 13.5. The fraction of sp³-hybridized carbons (Fsp3) is 0.133. The highest BCUT2D eigenvalue weighted by atomic mass is 79.9. The smallest absolute Gasteiger partial charge is 0.252 e. The van der Waals surface area contributed by atoms with Gasteiger partial charge in [-0.3, -0.25) is 4.79 Å². The lowest BCUT2D eigenvalue weighted by Crippen LogP contribution is -2.20. The highest BCUT2D eigenvalue weighted by Crippen LogP contribution is 2.40. The zero-order valence-electron chi connectivity index (χ0n) is 11.0. The molecule has 21 heavy (non-hydrogen) atoms. The average Bonchev–Trinajstić information content (AvgIpc) is 2.78. The molecule has 108 valence electrons. The van der Waals surface area contributed by atoms with Gasteiger partial charge in [0.25, 0.3) is 5.91 Å². The normalized spacial score (nSPS) is 16.6. The minimum atomic E-state index is -0.466. The Morgan fingerprint density at radius 2 is 2.10 bits per heavy atom. The molecular formula is C15H11BrClFN2O. The lowest BCUT2D eigenvalue weighted by molar-refractivity contribution is 0.0960. The van der Waals surface area contributed by atoms with Crippen LogP contribution in [0.5, 0.6) is 0 Å². The second-order valence-electron chi connectivity index (χ2n) is 4.74. The van der Waals surface area contributed by atoms with Crippen molar-refractivity contribution in [2.75, 3.05) is 12.4 Å². The number of nitrogens with one attached hydrogen (secondary N) is 2. The maximum Gasteiger partial charge on any atom is 0.252 e. The molecule has 0 aliphatic carbocycles. The number of hydrogen-bond acceptors (Lipinski definition) is 2. The topological polar surface area (TPSA) is 41.1 Å². The predicted octanol–water partition coefficient (Wildman–Crippen LogP) is 4.12. The molecule has 1 amide bonds. The van der Waals surface area contributed by atoms with Crippen molar-refractivity contribution in [3.63, 3.8) is 0 Å². The summed E-state index contributed by atoms with van der Waals surface area (Å²) >= 11 is 9.55. The Kier molecular flexibility index (Phi) is 3.63. The van der Waals surface area contributed by atoms with Crippen LogP contribution in [0, 0.1) is 5.82 Å². The Morgan fingerprint density at radius 1 is 1.33 bits per heavy atom. The van der Waals surface area contributed by atoms with Crippen molar-refractivity contribution in [3.05, 3.63) is 62.3 Å². The Morgan fingerprint density at radius 3 is 2.81 bits per heavy atom. The van der Waals surface area contributed by atoms with E-state index in [0.717, 1.165) is 15.7 Å². The summed E-state index contributed by atoms with van der Waals surface area (Å²) in [5, 5.41) is 6.33. The molecule has 1 aliphatic rings. The lowest BCUT2D eigenvalue weighted by atomic mass is 9.96. The first-order valence-corrected chi connectivity index (χ1v) is 7.45. The van der Waals surface area contributed by atoms with E-state index in [1.165, 1.54) is 18.2 Å². The summed E-state index contributed by atoms with van der Waals surface area (Å²) in [6.07, 6.45) is 0. The molecule has 3 nitrogen and oxygen atoms in total. The van der Waals surface area contributed by atoms with Crippen molar-refractivity contribution >= 4 is 39.1 Å². The monoisotopic (exact) mass is 368 g/mol. The SMILES string of the molecule is CNc1cc(Br)cc2c1C(c1cc(F)ccc1Cl)NC2=O. The van der Waals surface area contributed by atoms with E-state index in [2.05, 4.69) is 26.6 Å². The van der Waals surface area contributed by atoms with Gasteiger partial charge in [0.2, 0.25) is 0 Å². The number of carbonyl (C=O) groups is 1. The van der Waals surface area contributed by atoms with Gasteiger partial charge in [0.15, 0.2) is 0 Å². The van der Waals surface area contributed by atoms with Crippen LogP contribution in [0.2, 0.25) is 5.02 Å². The Hall–Kier alpha value is -1.59. The lowest BCUT2D eigenvalue weighted by Gasteiger charge is -2.17. The molecule has 2 aromatic carbocycles. The number of halogens is 3. The van der Waals surface area contributed by atoms with Gasteiger partial charge < -0.3 is 10.6 Å². The molecule has 2 N–H and O–H groups in total. The van der Waals surface area contributed by atoms with Crippen molar-refractivity contribution in [1.29, 1.82) is 0 Å². The third-order valence-corrected chi connectivity index (χ3v) is 4.29. The number of fused-ring (bicyclic) bond motifs is 1. The highest BCUT2D eigenvalue weighted by Gasteiger charge is 2.33. The fourth-order valence-electron chi connectivity index (χ4n) is 2.57. The second kappa shape index (κ2) is 5.31. The number of benzene rings is 2. The molecule has 0 bridgehead atoms. The van der Waals surface area contributed by atoms with Crippen molar-refractivity contribution < 1.29 is 9.18 Å². The van der Waals surface area contributed by atoms with Gasteiger partial charge in [-0.1, -0.05) is 27.5 Å². The molecular weight excluding hydrogens is 359 g/mol. The van der Waals surface area contributed by atoms with E-state index in [0.29, 0.717) is 16.1 Å². The van der Waals surface area contributed by atoms with Gasteiger partial charge in [-0.2, -0.15) is 0 Å². The van der Waals surface area contributed by atoms with Gasteiger partial charge in [0.1, 0.15) is 5.82 Å². The number of anilines is 1. The van der Waals surface area contributed by atoms with Crippen molar-refractivity contribution in [1.82, 2.24) is 5.32 Å². The van der Waals surface area contributed by atoms with Crippen LogP contribution in [0.4, 0.5) is 10.1 Å². The summed E-state index contributed by atoms with van der Waals surface area (Å²) in [6, 6.07) is 7.30. The molecule has 6 heteroatoms. The first kappa shape index (κ1) is 14.4. The molecule has 1 unspecified atom stereocenters. The highest BCUT2D eigenvalue weighted by molar-refractivity contribution is 9.10. The average molecular weight is 370 g/mol. The zero-order chi connectivity index (χ0) is 15.1. The van der Waals surface area contributed by atoms with Crippen LogP contribution in [0.25, 0.3) is 0 Å². The van der Waals surface area contributed by atoms with Gasteiger partial charge in [0.05, 0.1) is 6.04 Å². The minimum absolute atomic E-state index is 0.201. The van der Waals surface area contributed by atoms with Crippen LogP contribution in [-0.4, -0.2) is 13.0 Å². The summed E-state index contributed by atoms with van der Waals surface area (Å²) in [6.45, 7) is 0. The molecule has 0 aromatic heterocycles. The Bertz CT molecular complexity index is 751. The first-order chi connectivity index (χ1) is 10.0. The number of carbonyl (C=O) groups excluding carboxylic acids is 1. The number of amides is 1. The molecule has 1 heterocycles. The molecule has 0 fully saturated rings. The van der Waals surface area contributed by atoms with E-state index in [1.54, 1.807) is 13.1 Å². The Balaban J connectivity index is 2.22. The van der Waals surface area contributed by atoms with Crippen molar-refractivity contribution in [2.45, 2.75) is 6.04 Å². The van der Waals surface area contributed by atoms with Crippen LogP contribution in [0.3, 0.4) is 0 Å². The summed E-state index contributed by atoms with van der Waals surface area (Å²) < 4.78 is 14.3. The maximum absolute atomic E-state index is 13.5. The summed E-state index contributed by atoms with van der Waals surface area (Å²) in [5.74, 6) is -0.589. The molecule has 1 atom stereocenters. The van der Waals surface area contributed by atoms with E-state index in [4.69, 9.17) is 11.6 Å². The van der Waals surface area contributed by atoms with Gasteiger partial charge >= 0.3 is 0 Å². The van der Waals surface area contributed by atoms with Gasteiger partial charge in [-0.15, -0.1) is 0 Å². The zero-order valence-corrected chi connectivity index (χ0v) is 13.3. The summed E-state index contributed by atoms with van der Waals surface area (Å²) in [4.78, 5) is 12.2. The van der Waals surface area contributed by atoms with E-state index in [1.807, 2.05) is 6.07 Å². The van der Waals surface area contributed by atoms with Crippen LogP contribution >= 0.6 is 27.5 Å². The van der Waals surface area contributed by atoms with Gasteiger partial charge in [-0.05, 0) is 30.3 Å². The Labute approximate surface area is 134 Å². The van der Waals surface area contributed by atoms with Crippen LogP contribution in [0.1, 0.15) is 27.5 Å². The molecule has 0 saturated heterocycles. The van der Waals surface area contributed by atoms with E-state index in [-0.39, 0.29) is 11.7 Å². The van der Waals surface area contributed by atoms with Gasteiger partial charge in [-0.25, -0.2) is 4.39 Å². The van der Waals surface area contributed by atoms with Crippen LogP contribution in [0.15, 0.2) is 34.8 Å². The number of rotatable bonds is 2. The van der Waals surface area contributed by atoms with E-state index < -0.39 is 6.04 Å². The third kappa shape index (κ3) is 2.40. The minimum Gasteiger partial charge on any atom is -0.388 e. The number of hydrogen-bond donors (Lipinski definition) is 2. The summed E-state index contributed by atoms with van der Waals surface area (Å²) in [5.41, 5.74) is 2.67. The van der Waals surface area contributed by atoms with Crippen molar-refractivity contribution in [3.8, 4) is 0 Å². The molecule has 1 aliphatic heterocycles. The molecule has 0 spiro atoms. The third-order valence-electron chi connectivity index (χ3n) is 3.49. The predicted molar refractivity (Wildman–Crippen MR) is 84.4 cm³/mol. The standard InChI is InChI=1S/C15H11BrClFN2O/c1-19-12-5-7(16)4-10-13(12)14(20-15(10)21)9-6-8(18)2-3-11(9)17/h2-6,14,19H,1H3,(H,20,21). The second-order valence-corrected chi connectivity index (χ2v) is 6.06. The van der Waals surface area contributed by atoms with E-state index in [9.17, 15) is 9.18 Å². The van der Waals surface area contributed by atoms with Crippen LogP contribution in [-0.2, 0) is 0 Å². The summed E-state index contributed by atoms with van der Waals surface area (Å²) in [7, 11) is 1.77. The molecule has 3 rings (SSSR count). The van der Waals surface area contributed by atoms with Crippen LogP contribution < -0.4 is 10.6 Å². The van der Waals surface area contributed by atoms with Crippen molar-refractivity contribution in [2.24, 2.45) is 0 Å². The molecule has 2 aromatic rings. The first-order valence-electron chi connectivity index (χ1n) is 6.28. The molecule has 0 radical (unpaired) electrons. The fourth-order valence-corrected chi connectivity index (χ4v) is 3.26. The van der Waals surface area contributed by atoms with E-state index >= 15 is 0 Å².